The number of aliphatic carboxylic acids is 1. The molecule has 1 aliphatic rings. The van der Waals surface area contributed by atoms with Crippen LogP contribution in [-0.4, -0.2) is 22.7 Å². The molecule has 2 aromatic carbocycles. The van der Waals surface area contributed by atoms with Gasteiger partial charge in [0.05, 0.1) is 35.9 Å². The van der Waals surface area contributed by atoms with E-state index < -0.39 is 17.4 Å². The van der Waals surface area contributed by atoms with Crippen LogP contribution in [0.15, 0.2) is 42.5 Å². The van der Waals surface area contributed by atoms with Crippen LogP contribution < -0.4 is 0 Å². The van der Waals surface area contributed by atoms with Crippen LogP contribution >= 0.6 is 0 Å². The maximum Gasteiger partial charge on any atom is 0.307 e. The molecule has 4 rings (SSSR count). The zero-order chi connectivity index (χ0) is 18.3. The highest BCUT2D eigenvalue weighted by Crippen LogP contribution is 2.44. The van der Waals surface area contributed by atoms with E-state index >= 15 is 0 Å². The van der Waals surface area contributed by atoms with Gasteiger partial charge in [-0.3, -0.25) is 4.79 Å². The summed E-state index contributed by atoms with van der Waals surface area (Å²) in [6.07, 6.45) is 0.169. The molecule has 130 valence electrons. The normalized spacial score (nSPS) is 19.1. The summed E-state index contributed by atoms with van der Waals surface area (Å²) < 4.78 is 20.4. The molecule has 5 nitrogen and oxygen atoms in total. The molecule has 0 fully saturated rings. The first-order valence-corrected chi connectivity index (χ1v) is 8.22. The molecule has 0 bridgehead atoms. The minimum atomic E-state index is -1.25. The average molecular weight is 350 g/mol. The van der Waals surface area contributed by atoms with E-state index in [1.807, 2.05) is 6.07 Å². The second-order valence-electron chi connectivity index (χ2n) is 6.30. The Morgan fingerprint density at radius 3 is 2.77 bits per heavy atom. The number of hydrogen-bond acceptors (Lipinski definition) is 3. The first kappa shape index (κ1) is 16.3. The van der Waals surface area contributed by atoms with Gasteiger partial charge < -0.3 is 14.8 Å². The molecule has 6 heteroatoms. The smallest absolute Gasteiger partial charge is 0.307 e. The highest BCUT2D eigenvalue weighted by molar-refractivity contribution is 5.91. The SMILES string of the molecule is N#Cc1ccc(F)c2[nH]c3c(c12)CCOC3(CC(=O)O)c1ccccc1. The standard InChI is InChI=1S/C20H15FN2O3/c21-15-7-6-12(11-22)17-14-8-9-26-20(10-16(24)25,19(14)23-18(15)17)13-4-2-1-3-5-13/h1-7,23H,8-10H2,(H,24,25). The van der Waals surface area contributed by atoms with Gasteiger partial charge in [-0.1, -0.05) is 30.3 Å². The molecule has 0 radical (unpaired) electrons. The fourth-order valence-corrected chi connectivity index (χ4v) is 3.82. The van der Waals surface area contributed by atoms with Crippen LogP contribution in [0.5, 0.6) is 0 Å². The van der Waals surface area contributed by atoms with Gasteiger partial charge in [-0.25, -0.2) is 4.39 Å². The summed E-state index contributed by atoms with van der Waals surface area (Å²) in [6, 6.07) is 13.8. The number of carbonyl (C=O) groups is 1. The van der Waals surface area contributed by atoms with Crippen LogP contribution in [0.25, 0.3) is 10.9 Å². The first-order valence-electron chi connectivity index (χ1n) is 8.22. The van der Waals surface area contributed by atoms with Crippen molar-refractivity contribution in [2.24, 2.45) is 0 Å². The molecule has 0 saturated carbocycles. The molecule has 1 aliphatic heterocycles. The summed E-state index contributed by atoms with van der Waals surface area (Å²) in [7, 11) is 0. The number of ether oxygens (including phenoxy) is 1. The minimum absolute atomic E-state index is 0.213. The third kappa shape index (κ3) is 2.29. The molecule has 1 atom stereocenters. The summed E-state index contributed by atoms with van der Waals surface area (Å²) >= 11 is 0. The molecular weight excluding hydrogens is 335 g/mol. The lowest BCUT2D eigenvalue weighted by Crippen LogP contribution is -2.39. The summed E-state index contributed by atoms with van der Waals surface area (Å²) in [6.45, 7) is 0.281. The highest BCUT2D eigenvalue weighted by atomic mass is 19.1. The molecule has 26 heavy (non-hydrogen) atoms. The number of halogens is 1. The molecule has 0 saturated heterocycles. The quantitative estimate of drug-likeness (QED) is 0.757. The van der Waals surface area contributed by atoms with Crippen molar-refractivity contribution in [3.8, 4) is 6.07 Å². The first-order chi connectivity index (χ1) is 12.6. The molecule has 0 spiro atoms. The second kappa shape index (κ2) is 5.97. The Kier molecular flexibility index (Phi) is 3.74. The Balaban J connectivity index is 2.07. The Bertz CT molecular complexity index is 1050. The number of hydrogen-bond donors (Lipinski definition) is 2. The van der Waals surface area contributed by atoms with Crippen molar-refractivity contribution in [2.75, 3.05) is 6.61 Å². The lowest BCUT2D eigenvalue weighted by Gasteiger charge is -2.36. The van der Waals surface area contributed by atoms with E-state index in [1.54, 1.807) is 24.3 Å². The molecule has 3 aromatic rings. The lowest BCUT2D eigenvalue weighted by molar-refractivity contribution is -0.144. The fraction of sp³-hybridized carbons (Fsp3) is 0.200. The minimum Gasteiger partial charge on any atom is -0.481 e. The topological polar surface area (TPSA) is 86.1 Å². The number of H-pyrrole nitrogens is 1. The maximum atomic E-state index is 14.4. The van der Waals surface area contributed by atoms with Gasteiger partial charge in [-0.05, 0) is 29.7 Å². The Hall–Kier alpha value is -3.17. The average Bonchev–Trinajstić information content (AvgIpc) is 3.05. The predicted octanol–water partition coefficient (Wildman–Crippen LogP) is 3.47. The largest absolute Gasteiger partial charge is 0.481 e. The lowest BCUT2D eigenvalue weighted by atomic mass is 9.82. The van der Waals surface area contributed by atoms with E-state index in [0.717, 1.165) is 5.56 Å². The van der Waals surface area contributed by atoms with Gasteiger partial charge in [0.2, 0.25) is 0 Å². The molecule has 0 aliphatic carbocycles. The van der Waals surface area contributed by atoms with Gasteiger partial charge in [0.1, 0.15) is 11.4 Å². The molecule has 0 amide bonds. The number of carboxylic acid groups (broad SMARTS) is 1. The monoisotopic (exact) mass is 350 g/mol. The molecule has 2 heterocycles. The Morgan fingerprint density at radius 1 is 1.31 bits per heavy atom. The van der Waals surface area contributed by atoms with Crippen molar-refractivity contribution in [3.63, 3.8) is 0 Å². The van der Waals surface area contributed by atoms with Gasteiger partial charge in [0, 0.05) is 5.39 Å². The third-order valence-corrected chi connectivity index (χ3v) is 4.87. The zero-order valence-corrected chi connectivity index (χ0v) is 13.8. The number of nitrogens with one attached hydrogen (secondary N) is 1. The number of aromatic amines is 1. The summed E-state index contributed by atoms with van der Waals surface area (Å²) in [5.41, 5.74) is 1.25. The number of rotatable bonds is 3. The highest BCUT2D eigenvalue weighted by Gasteiger charge is 2.44. The van der Waals surface area contributed by atoms with Crippen LogP contribution in [-0.2, 0) is 21.6 Å². The van der Waals surface area contributed by atoms with Gasteiger partial charge in [0.15, 0.2) is 0 Å². The van der Waals surface area contributed by atoms with Crippen molar-refractivity contribution in [3.05, 3.63) is 70.7 Å². The Labute approximate surface area is 148 Å². The van der Waals surface area contributed by atoms with Gasteiger partial charge in [-0.15, -0.1) is 0 Å². The van der Waals surface area contributed by atoms with E-state index in [2.05, 4.69) is 11.1 Å². The number of fused-ring (bicyclic) bond motifs is 3. The molecular formula is C20H15FN2O3. The van der Waals surface area contributed by atoms with Crippen molar-refractivity contribution in [1.82, 2.24) is 4.98 Å². The Morgan fingerprint density at radius 2 is 2.08 bits per heavy atom. The number of carboxylic acids is 1. The number of nitriles is 1. The van der Waals surface area contributed by atoms with Crippen LogP contribution in [0.3, 0.4) is 0 Å². The van der Waals surface area contributed by atoms with E-state index in [1.165, 1.54) is 12.1 Å². The van der Waals surface area contributed by atoms with Gasteiger partial charge in [-0.2, -0.15) is 5.26 Å². The van der Waals surface area contributed by atoms with Crippen LogP contribution in [0.2, 0.25) is 0 Å². The van der Waals surface area contributed by atoms with Crippen molar-refractivity contribution < 1.29 is 19.0 Å². The van der Waals surface area contributed by atoms with Crippen molar-refractivity contribution in [2.45, 2.75) is 18.4 Å². The molecule has 1 aromatic heterocycles. The molecule has 1 unspecified atom stereocenters. The van der Waals surface area contributed by atoms with E-state index in [-0.39, 0.29) is 18.5 Å². The van der Waals surface area contributed by atoms with Crippen LogP contribution in [0.4, 0.5) is 4.39 Å². The second-order valence-corrected chi connectivity index (χ2v) is 6.30. The van der Waals surface area contributed by atoms with Crippen molar-refractivity contribution >= 4 is 16.9 Å². The number of nitrogens with zero attached hydrogens (tertiary/aromatic N) is 1. The van der Waals surface area contributed by atoms with E-state index in [9.17, 15) is 19.6 Å². The summed E-state index contributed by atoms with van der Waals surface area (Å²) in [5, 5.41) is 19.5. The van der Waals surface area contributed by atoms with Crippen molar-refractivity contribution in [1.29, 1.82) is 5.26 Å². The van der Waals surface area contributed by atoms with E-state index in [4.69, 9.17) is 4.74 Å². The number of benzene rings is 2. The van der Waals surface area contributed by atoms with Crippen LogP contribution in [0, 0.1) is 17.1 Å². The third-order valence-electron chi connectivity index (χ3n) is 4.87. The van der Waals surface area contributed by atoms with Gasteiger partial charge >= 0.3 is 5.97 Å². The predicted molar refractivity (Wildman–Crippen MR) is 92.1 cm³/mol. The zero-order valence-electron chi connectivity index (χ0n) is 13.8. The summed E-state index contributed by atoms with van der Waals surface area (Å²) in [4.78, 5) is 14.7. The van der Waals surface area contributed by atoms with E-state index in [0.29, 0.717) is 28.6 Å². The maximum absolute atomic E-state index is 14.4. The van der Waals surface area contributed by atoms with Crippen LogP contribution in [0.1, 0.15) is 28.8 Å². The fourth-order valence-electron chi connectivity index (χ4n) is 3.82. The van der Waals surface area contributed by atoms with Gasteiger partial charge in [0.25, 0.3) is 0 Å². The molecule has 2 N–H and O–H groups in total. The number of aromatic nitrogens is 1. The summed E-state index contributed by atoms with van der Waals surface area (Å²) in [5.74, 6) is -1.51.